The Morgan fingerprint density at radius 1 is 1.06 bits per heavy atom. The second-order valence-corrected chi connectivity index (χ2v) is 10.8. The van der Waals surface area contributed by atoms with Crippen molar-refractivity contribution in [1.82, 2.24) is 0 Å². The van der Waals surface area contributed by atoms with Crippen LogP contribution in [0.3, 0.4) is 0 Å². The van der Waals surface area contributed by atoms with Crippen LogP contribution in [0.4, 0.5) is 25.8 Å². The number of nitrogens with one attached hydrogen (secondary N) is 2. The lowest BCUT2D eigenvalue weighted by Gasteiger charge is -2.32. The van der Waals surface area contributed by atoms with E-state index in [1.807, 2.05) is 26.8 Å². The minimum absolute atomic E-state index is 0.00652. The van der Waals surface area contributed by atoms with E-state index in [0.29, 0.717) is 25.0 Å². The normalized spacial score (nSPS) is 14.1. The Labute approximate surface area is 206 Å². The number of nitrogens with zero attached hydrogens (tertiary/aromatic N) is 1. The van der Waals surface area contributed by atoms with E-state index in [-0.39, 0.29) is 10.6 Å². The van der Waals surface area contributed by atoms with Crippen LogP contribution >= 0.6 is 11.3 Å². The molecule has 0 spiro atoms. The first-order valence-electron chi connectivity index (χ1n) is 10.9. The number of benzene rings is 2. The van der Waals surface area contributed by atoms with Gasteiger partial charge in [-0.15, -0.1) is 11.3 Å². The van der Waals surface area contributed by atoms with Crippen LogP contribution in [-0.4, -0.2) is 40.6 Å². The van der Waals surface area contributed by atoms with Crippen molar-refractivity contribution in [2.45, 2.75) is 25.7 Å². The number of ether oxygens (including phenoxy) is 1. The molecule has 0 bridgehead atoms. The fourth-order valence-corrected chi connectivity index (χ4v) is 6.21. The predicted octanol–water partition coefficient (Wildman–Crippen LogP) is 4.84. The Kier molecular flexibility index (Phi) is 7.11. The van der Waals surface area contributed by atoms with Gasteiger partial charge in [-0.2, -0.15) is 0 Å². The molecular weight excluding hydrogens is 496 g/mol. The van der Waals surface area contributed by atoms with Crippen LogP contribution in [-0.2, 0) is 14.8 Å². The average Bonchev–Trinajstić information content (AvgIpc) is 3.24. The van der Waals surface area contributed by atoms with Crippen molar-refractivity contribution in [3.63, 3.8) is 0 Å². The lowest BCUT2D eigenvalue weighted by atomic mass is 10.0. The molecular formula is C24H25F2N3O4S2. The summed E-state index contributed by atoms with van der Waals surface area (Å²) in [6.07, 6.45) is 0. The van der Waals surface area contributed by atoms with E-state index in [9.17, 15) is 22.0 Å². The van der Waals surface area contributed by atoms with Crippen molar-refractivity contribution >= 4 is 44.3 Å². The number of amides is 1. The van der Waals surface area contributed by atoms with Gasteiger partial charge in [0.1, 0.15) is 21.4 Å². The number of anilines is 3. The Hall–Kier alpha value is -3.02. The van der Waals surface area contributed by atoms with Crippen molar-refractivity contribution in [1.29, 1.82) is 0 Å². The van der Waals surface area contributed by atoms with Gasteiger partial charge in [0.25, 0.3) is 15.9 Å². The third kappa shape index (κ3) is 5.16. The fourth-order valence-electron chi connectivity index (χ4n) is 4.27. The number of hydrogen-bond donors (Lipinski definition) is 2. The Morgan fingerprint density at radius 3 is 2.46 bits per heavy atom. The number of carbonyl (C=O) groups excluding carboxylic acids is 1. The first-order valence-corrected chi connectivity index (χ1v) is 13.2. The summed E-state index contributed by atoms with van der Waals surface area (Å²) in [5.41, 5.74) is 4.56. The van der Waals surface area contributed by atoms with E-state index >= 15 is 0 Å². The number of rotatable bonds is 6. The number of halogens is 2. The molecule has 35 heavy (non-hydrogen) atoms. The maximum absolute atomic E-state index is 14.1. The molecule has 2 N–H and O–H groups in total. The molecule has 0 radical (unpaired) electrons. The number of sulfonamides is 1. The van der Waals surface area contributed by atoms with Crippen LogP contribution in [0.1, 0.15) is 26.4 Å². The monoisotopic (exact) mass is 521 g/mol. The highest BCUT2D eigenvalue weighted by atomic mass is 32.2. The highest BCUT2D eigenvalue weighted by molar-refractivity contribution is 7.92. The van der Waals surface area contributed by atoms with Crippen molar-refractivity contribution < 1.29 is 26.7 Å². The summed E-state index contributed by atoms with van der Waals surface area (Å²) in [7, 11) is -4.39. The summed E-state index contributed by atoms with van der Waals surface area (Å²) in [5.74, 6) is -2.61. The molecule has 2 heterocycles. The van der Waals surface area contributed by atoms with E-state index < -0.39 is 32.5 Å². The second kappa shape index (κ2) is 9.92. The zero-order valence-electron chi connectivity index (χ0n) is 19.4. The summed E-state index contributed by atoms with van der Waals surface area (Å²) < 4.78 is 60.4. The van der Waals surface area contributed by atoms with Gasteiger partial charge in [0.2, 0.25) is 0 Å². The molecule has 11 heteroatoms. The molecule has 186 valence electrons. The van der Waals surface area contributed by atoms with Gasteiger partial charge in [-0.05, 0) is 61.0 Å². The maximum atomic E-state index is 14.1. The van der Waals surface area contributed by atoms with Gasteiger partial charge in [0.15, 0.2) is 0 Å². The Morgan fingerprint density at radius 2 is 1.77 bits per heavy atom. The lowest BCUT2D eigenvalue weighted by Crippen LogP contribution is -2.37. The molecule has 1 saturated heterocycles. The smallest absolute Gasteiger partial charge is 0.267 e. The van der Waals surface area contributed by atoms with Crippen LogP contribution < -0.4 is 14.9 Å². The van der Waals surface area contributed by atoms with Crippen molar-refractivity contribution in [3.8, 4) is 0 Å². The van der Waals surface area contributed by atoms with Gasteiger partial charge in [-0.25, -0.2) is 17.2 Å². The molecule has 0 saturated carbocycles. The van der Waals surface area contributed by atoms with Gasteiger partial charge in [-0.1, -0.05) is 6.07 Å². The molecule has 1 amide bonds. The molecule has 1 aliphatic rings. The molecule has 1 fully saturated rings. The molecule has 1 aliphatic heterocycles. The minimum Gasteiger partial charge on any atom is -0.378 e. The Balaban J connectivity index is 1.61. The summed E-state index contributed by atoms with van der Waals surface area (Å²) in [4.78, 5) is 14.8. The van der Waals surface area contributed by atoms with Crippen molar-refractivity contribution in [3.05, 3.63) is 68.9 Å². The third-order valence-electron chi connectivity index (χ3n) is 5.80. The van der Waals surface area contributed by atoms with Crippen molar-refractivity contribution in [2.24, 2.45) is 0 Å². The number of thiophene rings is 1. The van der Waals surface area contributed by atoms with Gasteiger partial charge >= 0.3 is 0 Å². The second-order valence-electron chi connectivity index (χ2n) is 8.26. The van der Waals surface area contributed by atoms with Crippen LogP contribution in [0.2, 0.25) is 0 Å². The first-order chi connectivity index (χ1) is 16.6. The first kappa shape index (κ1) is 25.1. The summed E-state index contributed by atoms with van der Waals surface area (Å²) in [5, 5.41) is 4.48. The molecule has 0 aliphatic carbocycles. The molecule has 0 atom stereocenters. The number of morpholine rings is 1. The van der Waals surface area contributed by atoms with E-state index in [1.165, 1.54) is 6.07 Å². The minimum atomic E-state index is -4.39. The molecule has 7 nitrogen and oxygen atoms in total. The molecule has 2 aromatic carbocycles. The molecule has 3 aromatic rings. The summed E-state index contributed by atoms with van der Waals surface area (Å²) in [6, 6.07) is 5.61. The number of hydrogen-bond acceptors (Lipinski definition) is 6. The zero-order valence-corrected chi connectivity index (χ0v) is 21.1. The van der Waals surface area contributed by atoms with E-state index in [0.717, 1.165) is 58.9 Å². The zero-order chi connectivity index (χ0) is 25.3. The maximum Gasteiger partial charge on any atom is 0.267 e. The van der Waals surface area contributed by atoms with E-state index in [2.05, 4.69) is 14.9 Å². The predicted molar refractivity (Wildman–Crippen MR) is 133 cm³/mol. The van der Waals surface area contributed by atoms with E-state index in [4.69, 9.17) is 4.74 Å². The SMILES string of the molecule is Cc1cc(C)c(N2CCOCC2)c(C)c1NC(=O)c1sccc1NS(=O)(=O)c1ccc(F)cc1F. The van der Waals surface area contributed by atoms with Crippen LogP contribution in [0, 0.1) is 32.4 Å². The lowest BCUT2D eigenvalue weighted by molar-refractivity contribution is 0.103. The number of aryl methyl sites for hydroxylation is 2. The summed E-state index contributed by atoms with van der Waals surface area (Å²) in [6.45, 7) is 8.61. The molecule has 0 unspecified atom stereocenters. The van der Waals surface area contributed by atoms with Gasteiger partial charge < -0.3 is 15.0 Å². The van der Waals surface area contributed by atoms with Gasteiger partial charge in [0, 0.05) is 30.5 Å². The molecule has 1 aromatic heterocycles. The largest absolute Gasteiger partial charge is 0.378 e. The number of carbonyl (C=O) groups is 1. The standard InChI is InChI=1S/C24H25F2N3O4S2/c1-14-12-15(2)22(29-7-9-33-10-8-29)16(3)21(14)27-24(30)23-19(6-11-34-23)28-35(31,32)20-5-4-17(25)13-18(20)26/h4-6,11-13,28H,7-10H2,1-3H3,(H,27,30). The van der Waals surface area contributed by atoms with Crippen LogP contribution in [0.5, 0.6) is 0 Å². The fraction of sp³-hybridized carbons (Fsp3) is 0.292. The van der Waals surface area contributed by atoms with Crippen molar-refractivity contribution in [2.75, 3.05) is 41.2 Å². The highest BCUT2D eigenvalue weighted by Gasteiger charge is 2.25. The van der Waals surface area contributed by atoms with Gasteiger partial charge in [-0.3, -0.25) is 9.52 Å². The van der Waals surface area contributed by atoms with Crippen LogP contribution in [0.15, 0.2) is 40.6 Å². The highest BCUT2D eigenvalue weighted by Crippen LogP contribution is 2.35. The van der Waals surface area contributed by atoms with Gasteiger partial charge in [0.05, 0.1) is 18.9 Å². The average molecular weight is 522 g/mol. The molecule has 4 rings (SSSR count). The van der Waals surface area contributed by atoms with Crippen LogP contribution in [0.25, 0.3) is 0 Å². The van der Waals surface area contributed by atoms with E-state index in [1.54, 1.807) is 5.38 Å². The third-order valence-corrected chi connectivity index (χ3v) is 8.11. The topological polar surface area (TPSA) is 87.7 Å². The summed E-state index contributed by atoms with van der Waals surface area (Å²) >= 11 is 1.05. The Bertz CT molecular complexity index is 1380. The quantitative estimate of drug-likeness (QED) is 0.485.